The number of rotatable bonds is 6. The standard InChI is InChI=1S/C16H24ClNO2/c1-12-5-6-14(17)15(9-12)20-11-13(19)10-18-16(2)7-3-4-8-16/h5-6,9,13,18-19H,3-4,7-8,10-11H2,1-2H3. The summed E-state index contributed by atoms with van der Waals surface area (Å²) in [6.07, 6.45) is 4.39. The van der Waals surface area contributed by atoms with Crippen LogP contribution in [0.3, 0.4) is 0 Å². The molecule has 0 bridgehead atoms. The van der Waals surface area contributed by atoms with E-state index in [1.807, 2.05) is 25.1 Å². The van der Waals surface area contributed by atoms with E-state index in [4.69, 9.17) is 16.3 Å². The maximum absolute atomic E-state index is 10.0. The van der Waals surface area contributed by atoms with E-state index in [9.17, 15) is 5.11 Å². The molecular formula is C16H24ClNO2. The molecule has 0 amide bonds. The number of aliphatic hydroxyl groups is 1. The summed E-state index contributed by atoms with van der Waals surface area (Å²) < 4.78 is 5.61. The molecule has 0 aliphatic heterocycles. The van der Waals surface area contributed by atoms with Crippen LogP contribution in [0, 0.1) is 6.92 Å². The number of benzene rings is 1. The highest BCUT2D eigenvalue weighted by atomic mass is 35.5. The summed E-state index contributed by atoms with van der Waals surface area (Å²) in [5.74, 6) is 0.637. The number of ether oxygens (including phenoxy) is 1. The number of aliphatic hydroxyl groups excluding tert-OH is 1. The molecule has 2 N–H and O–H groups in total. The molecule has 1 fully saturated rings. The summed E-state index contributed by atoms with van der Waals surface area (Å²) in [4.78, 5) is 0. The second-order valence-electron chi connectivity index (χ2n) is 6.05. The van der Waals surface area contributed by atoms with E-state index >= 15 is 0 Å². The molecule has 1 unspecified atom stereocenters. The minimum Gasteiger partial charge on any atom is -0.489 e. The summed E-state index contributed by atoms with van der Waals surface area (Å²) >= 11 is 6.06. The molecule has 1 aliphatic rings. The third-order valence-corrected chi connectivity index (χ3v) is 4.30. The van der Waals surface area contributed by atoms with Crippen LogP contribution >= 0.6 is 11.6 Å². The first-order valence-corrected chi connectivity index (χ1v) is 7.68. The Balaban J connectivity index is 1.77. The van der Waals surface area contributed by atoms with Crippen molar-refractivity contribution in [2.75, 3.05) is 13.2 Å². The van der Waals surface area contributed by atoms with E-state index < -0.39 is 6.10 Å². The van der Waals surface area contributed by atoms with Gasteiger partial charge in [0.05, 0.1) is 5.02 Å². The third kappa shape index (κ3) is 4.37. The number of halogens is 1. The van der Waals surface area contributed by atoms with Gasteiger partial charge in [0.1, 0.15) is 18.5 Å². The van der Waals surface area contributed by atoms with E-state index in [2.05, 4.69) is 12.2 Å². The van der Waals surface area contributed by atoms with Crippen LogP contribution in [-0.4, -0.2) is 29.9 Å². The van der Waals surface area contributed by atoms with Gasteiger partial charge in [0, 0.05) is 12.1 Å². The summed E-state index contributed by atoms with van der Waals surface area (Å²) in [6, 6.07) is 5.64. The van der Waals surface area contributed by atoms with E-state index in [1.54, 1.807) is 0 Å². The topological polar surface area (TPSA) is 41.5 Å². The maximum atomic E-state index is 10.0. The lowest BCUT2D eigenvalue weighted by molar-refractivity contribution is 0.0980. The first-order chi connectivity index (χ1) is 9.48. The molecule has 0 aromatic heterocycles. The Morgan fingerprint density at radius 1 is 1.40 bits per heavy atom. The second kappa shape index (κ2) is 6.79. The molecule has 4 heteroatoms. The van der Waals surface area contributed by atoms with E-state index in [0.717, 1.165) is 5.56 Å². The molecule has 0 radical (unpaired) electrons. The van der Waals surface area contributed by atoms with Crippen LogP contribution in [0.25, 0.3) is 0 Å². The Bertz CT molecular complexity index is 444. The average Bonchev–Trinajstić information content (AvgIpc) is 2.85. The van der Waals surface area contributed by atoms with Gasteiger partial charge in [0.25, 0.3) is 0 Å². The fourth-order valence-electron chi connectivity index (χ4n) is 2.66. The van der Waals surface area contributed by atoms with Gasteiger partial charge in [0.2, 0.25) is 0 Å². The molecule has 0 saturated heterocycles. The second-order valence-corrected chi connectivity index (χ2v) is 6.45. The molecule has 1 aromatic rings. The number of nitrogens with one attached hydrogen (secondary N) is 1. The van der Waals surface area contributed by atoms with Crippen molar-refractivity contribution in [3.05, 3.63) is 28.8 Å². The van der Waals surface area contributed by atoms with Crippen LogP contribution in [0.15, 0.2) is 18.2 Å². The van der Waals surface area contributed by atoms with Gasteiger partial charge in [0.15, 0.2) is 0 Å². The van der Waals surface area contributed by atoms with Crippen molar-refractivity contribution in [1.82, 2.24) is 5.32 Å². The lowest BCUT2D eigenvalue weighted by Crippen LogP contribution is -2.44. The van der Waals surface area contributed by atoms with Crippen molar-refractivity contribution in [3.63, 3.8) is 0 Å². The van der Waals surface area contributed by atoms with Crippen LogP contribution < -0.4 is 10.1 Å². The van der Waals surface area contributed by atoms with Crippen molar-refractivity contribution in [2.45, 2.75) is 51.2 Å². The fourth-order valence-corrected chi connectivity index (χ4v) is 2.83. The summed E-state index contributed by atoms with van der Waals surface area (Å²) in [7, 11) is 0. The van der Waals surface area contributed by atoms with Gasteiger partial charge < -0.3 is 15.2 Å². The highest BCUT2D eigenvalue weighted by Crippen LogP contribution is 2.29. The molecule has 1 aromatic carbocycles. The molecule has 20 heavy (non-hydrogen) atoms. The summed E-state index contributed by atoms with van der Waals surface area (Å²) in [5.41, 5.74) is 1.28. The van der Waals surface area contributed by atoms with Gasteiger partial charge in [-0.15, -0.1) is 0 Å². The predicted octanol–water partition coefficient (Wildman–Crippen LogP) is 3.31. The molecular weight excluding hydrogens is 274 g/mol. The van der Waals surface area contributed by atoms with Gasteiger partial charge in [-0.05, 0) is 44.4 Å². The Morgan fingerprint density at radius 3 is 2.80 bits per heavy atom. The third-order valence-electron chi connectivity index (χ3n) is 3.99. The molecule has 3 nitrogen and oxygen atoms in total. The molecule has 2 rings (SSSR count). The van der Waals surface area contributed by atoms with Crippen LogP contribution in [0.2, 0.25) is 5.02 Å². The average molecular weight is 298 g/mol. The molecule has 0 heterocycles. The van der Waals surface area contributed by atoms with Gasteiger partial charge in [-0.3, -0.25) is 0 Å². The molecule has 1 saturated carbocycles. The van der Waals surface area contributed by atoms with Crippen molar-refractivity contribution in [3.8, 4) is 5.75 Å². The first-order valence-electron chi connectivity index (χ1n) is 7.31. The van der Waals surface area contributed by atoms with Gasteiger partial charge >= 0.3 is 0 Å². The van der Waals surface area contributed by atoms with Crippen LogP contribution in [0.4, 0.5) is 0 Å². The highest BCUT2D eigenvalue weighted by molar-refractivity contribution is 6.32. The highest BCUT2D eigenvalue weighted by Gasteiger charge is 2.28. The largest absolute Gasteiger partial charge is 0.489 e. The van der Waals surface area contributed by atoms with Gasteiger partial charge in [-0.1, -0.05) is 30.5 Å². The zero-order valence-electron chi connectivity index (χ0n) is 12.3. The van der Waals surface area contributed by atoms with Crippen molar-refractivity contribution in [1.29, 1.82) is 0 Å². The predicted molar refractivity (Wildman–Crippen MR) is 82.6 cm³/mol. The molecule has 1 atom stereocenters. The van der Waals surface area contributed by atoms with Gasteiger partial charge in [-0.25, -0.2) is 0 Å². The first kappa shape index (κ1) is 15.6. The smallest absolute Gasteiger partial charge is 0.138 e. The van der Waals surface area contributed by atoms with Gasteiger partial charge in [-0.2, -0.15) is 0 Å². The zero-order valence-corrected chi connectivity index (χ0v) is 13.0. The fraction of sp³-hybridized carbons (Fsp3) is 0.625. The minimum absolute atomic E-state index is 0.183. The zero-order chi connectivity index (χ0) is 14.6. The van der Waals surface area contributed by atoms with E-state index in [0.29, 0.717) is 17.3 Å². The lowest BCUT2D eigenvalue weighted by Gasteiger charge is -2.27. The Hall–Kier alpha value is -0.770. The Morgan fingerprint density at radius 2 is 2.10 bits per heavy atom. The number of aryl methyl sites for hydroxylation is 1. The Kier molecular flexibility index (Phi) is 5.30. The number of hydrogen-bond acceptors (Lipinski definition) is 3. The number of β-amino-alcohol motifs (C(OH)–C–C–N with tert-alkyl or cyclic N) is 1. The normalized spacial score (nSPS) is 19.0. The lowest BCUT2D eigenvalue weighted by atomic mass is 10.0. The minimum atomic E-state index is -0.524. The van der Waals surface area contributed by atoms with Crippen LogP contribution in [0.1, 0.15) is 38.2 Å². The summed E-state index contributed by atoms with van der Waals surface area (Å²) in [6.45, 7) is 5.03. The van der Waals surface area contributed by atoms with Crippen LogP contribution in [0.5, 0.6) is 5.75 Å². The SMILES string of the molecule is Cc1ccc(Cl)c(OCC(O)CNC2(C)CCCC2)c1. The van der Waals surface area contributed by atoms with Crippen molar-refractivity contribution < 1.29 is 9.84 Å². The molecule has 112 valence electrons. The van der Waals surface area contributed by atoms with E-state index in [-0.39, 0.29) is 12.1 Å². The maximum Gasteiger partial charge on any atom is 0.138 e. The molecule has 1 aliphatic carbocycles. The quantitative estimate of drug-likeness (QED) is 0.846. The van der Waals surface area contributed by atoms with Crippen molar-refractivity contribution in [2.24, 2.45) is 0 Å². The van der Waals surface area contributed by atoms with Crippen LogP contribution in [-0.2, 0) is 0 Å². The molecule has 0 spiro atoms. The summed E-state index contributed by atoms with van der Waals surface area (Å²) in [5, 5.41) is 14.1. The monoisotopic (exact) mass is 297 g/mol. The van der Waals surface area contributed by atoms with E-state index in [1.165, 1.54) is 25.7 Å². The van der Waals surface area contributed by atoms with Crippen molar-refractivity contribution >= 4 is 11.6 Å². The Labute approximate surface area is 126 Å². The number of hydrogen-bond donors (Lipinski definition) is 2.